The van der Waals surface area contributed by atoms with E-state index in [1.54, 1.807) is 18.4 Å². The summed E-state index contributed by atoms with van der Waals surface area (Å²) in [6.45, 7) is 1.42. The van der Waals surface area contributed by atoms with Gasteiger partial charge in [-0.3, -0.25) is 0 Å². The van der Waals surface area contributed by atoms with Gasteiger partial charge in [0.1, 0.15) is 0 Å². The standard InChI is InChI=1S/C14H15N3OS/c1-18-8-7-17-12-5-3-2-4-11(12)16-14(17)13-10(15)6-9-19-13/h2-6,9H,7-8,15H2,1H3. The summed E-state index contributed by atoms with van der Waals surface area (Å²) < 4.78 is 7.36. The van der Waals surface area contributed by atoms with Crippen LogP contribution in [0.1, 0.15) is 0 Å². The topological polar surface area (TPSA) is 53.1 Å². The number of hydrogen-bond donors (Lipinski definition) is 1. The van der Waals surface area contributed by atoms with Crippen molar-refractivity contribution in [3.8, 4) is 10.7 Å². The first-order chi connectivity index (χ1) is 9.31. The Kier molecular flexibility index (Phi) is 3.23. The van der Waals surface area contributed by atoms with Gasteiger partial charge < -0.3 is 15.0 Å². The molecule has 0 radical (unpaired) electrons. The van der Waals surface area contributed by atoms with Crippen molar-refractivity contribution in [3.63, 3.8) is 0 Å². The zero-order chi connectivity index (χ0) is 13.2. The molecule has 0 saturated carbocycles. The zero-order valence-corrected chi connectivity index (χ0v) is 11.5. The molecule has 19 heavy (non-hydrogen) atoms. The van der Waals surface area contributed by atoms with Crippen LogP contribution in [0.5, 0.6) is 0 Å². The molecule has 3 rings (SSSR count). The summed E-state index contributed by atoms with van der Waals surface area (Å²) in [5.41, 5.74) is 8.90. The number of methoxy groups -OCH3 is 1. The van der Waals surface area contributed by atoms with Gasteiger partial charge in [-0.25, -0.2) is 4.98 Å². The van der Waals surface area contributed by atoms with E-state index >= 15 is 0 Å². The SMILES string of the molecule is COCCn1c(-c2sccc2N)nc2ccccc21. The summed E-state index contributed by atoms with van der Waals surface area (Å²) >= 11 is 1.62. The van der Waals surface area contributed by atoms with Crippen LogP contribution < -0.4 is 5.73 Å². The lowest BCUT2D eigenvalue weighted by molar-refractivity contribution is 0.188. The maximum Gasteiger partial charge on any atom is 0.153 e. The third kappa shape index (κ3) is 2.11. The van der Waals surface area contributed by atoms with Gasteiger partial charge in [0.25, 0.3) is 0 Å². The number of benzene rings is 1. The molecule has 0 aliphatic heterocycles. The molecule has 2 heterocycles. The van der Waals surface area contributed by atoms with E-state index in [2.05, 4.69) is 10.6 Å². The molecular weight excluding hydrogens is 258 g/mol. The molecule has 0 atom stereocenters. The first-order valence-electron chi connectivity index (χ1n) is 6.09. The number of nitrogens with zero attached hydrogens (tertiary/aromatic N) is 2. The predicted octanol–water partition coefficient (Wildman–Crippen LogP) is 2.99. The molecule has 0 aliphatic rings. The molecule has 0 amide bonds. The second-order valence-electron chi connectivity index (χ2n) is 4.27. The Morgan fingerprint density at radius 2 is 2.16 bits per heavy atom. The quantitative estimate of drug-likeness (QED) is 0.795. The van der Waals surface area contributed by atoms with E-state index in [4.69, 9.17) is 15.5 Å². The van der Waals surface area contributed by atoms with Crippen LogP contribution in [0, 0.1) is 0 Å². The smallest absolute Gasteiger partial charge is 0.153 e. The van der Waals surface area contributed by atoms with E-state index in [-0.39, 0.29) is 0 Å². The fraction of sp³-hybridized carbons (Fsp3) is 0.214. The van der Waals surface area contributed by atoms with E-state index in [1.807, 2.05) is 29.6 Å². The molecule has 2 N–H and O–H groups in total. The largest absolute Gasteiger partial charge is 0.397 e. The molecule has 4 nitrogen and oxygen atoms in total. The summed E-state index contributed by atoms with van der Waals surface area (Å²) in [5, 5.41) is 1.99. The van der Waals surface area contributed by atoms with Gasteiger partial charge in [0.2, 0.25) is 0 Å². The molecule has 0 spiro atoms. The van der Waals surface area contributed by atoms with Gasteiger partial charge >= 0.3 is 0 Å². The predicted molar refractivity (Wildman–Crippen MR) is 79.3 cm³/mol. The van der Waals surface area contributed by atoms with Gasteiger partial charge in [-0.2, -0.15) is 0 Å². The van der Waals surface area contributed by atoms with E-state index in [1.165, 1.54) is 0 Å². The third-order valence-corrected chi connectivity index (χ3v) is 4.00. The molecule has 5 heteroatoms. The molecule has 0 saturated heterocycles. The minimum atomic E-state index is 0.651. The van der Waals surface area contributed by atoms with Crippen molar-refractivity contribution in [1.82, 2.24) is 9.55 Å². The lowest BCUT2D eigenvalue weighted by atomic mass is 10.3. The van der Waals surface area contributed by atoms with Crippen molar-refractivity contribution < 1.29 is 4.74 Å². The van der Waals surface area contributed by atoms with Crippen LogP contribution in [0.2, 0.25) is 0 Å². The number of ether oxygens (including phenoxy) is 1. The van der Waals surface area contributed by atoms with Gasteiger partial charge in [-0.1, -0.05) is 12.1 Å². The van der Waals surface area contributed by atoms with Crippen molar-refractivity contribution in [2.24, 2.45) is 0 Å². The average molecular weight is 273 g/mol. The van der Waals surface area contributed by atoms with Crippen molar-refractivity contribution in [1.29, 1.82) is 0 Å². The lowest BCUT2D eigenvalue weighted by Crippen LogP contribution is -2.06. The second kappa shape index (κ2) is 5.03. The van der Waals surface area contributed by atoms with Crippen LogP contribution in [-0.4, -0.2) is 23.3 Å². The Labute approximate surface area is 115 Å². The van der Waals surface area contributed by atoms with Crippen molar-refractivity contribution in [2.75, 3.05) is 19.5 Å². The van der Waals surface area contributed by atoms with Gasteiger partial charge in [-0.15, -0.1) is 11.3 Å². The molecule has 0 fully saturated rings. The Morgan fingerprint density at radius 1 is 1.32 bits per heavy atom. The molecular formula is C14H15N3OS. The Balaban J connectivity index is 2.20. The average Bonchev–Trinajstić information content (AvgIpc) is 2.99. The molecule has 0 aliphatic carbocycles. The summed E-state index contributed by atoms with van der Waals surface area (Å²) in [5.74, 6) is 0.922. The van der Waals surface area contributed by atoms with Crippen LogP contribution in [-0.2, 0) is 11.3 Å². The molecule has 2 aromatic heterocycles. The second-order valence-corrected chi connectivity index (χ2v) is 5.19. The number of hydrogen-bond acceptors (Lipinski definition) is 4. The Hall–Kier alpha value is -1.85. The monoisotopic (exact) mass is 273 g/mol. The first-order valence-corrected chi connectivity index (χ1v) is 6.97. The molecule has 0 unspecified atom stereocenters. The molecule has 0 bridgehead atoms. The van der Waals surface area contributed by atoms with E-state index < -0.39 is 0 Å². The Bertz CT molecular complexity index is 702. The summed E-state index contributed by atoms with van der Waals surface area (Å²) in [6, 6.07) is 10.0. The highest BCUT2D eigenvalue weighted by atomic mass is 32.1. The summed E-state index contributed by atoms with van der Waals surface area (Å²) in [6.07, 6.45) is 0. The number of nitrogen functional groups attached to an aromatic ring is 1. The third-order valence-electron chi connectivity index (χ3n) is 3.07. The number of nitrogens with two attached hydrogens (primary N) is 1. The number of aromatic nitrogens is 2. The highest BCUT2D eigenvalue weighted by Gasteiger charge is 2.15. The minimum absolute atomic E-state index is 0.651. The highest BCUT2D eigenvalue weighted by Crippen LogP contribution is 2.33. The highest BCUT2D eigenvalue weighted by molar-refractivity contribution is 7.14. The van der Waals surface area contributed by atoms with Gasteiger partial charge in [0.05, 0.1) is 28.2 Å². The van der Waals surface area contributed by atoms with Crippen molar-refractivity contribution in [3.05, 3.63) is 35.7 Å². The first kappa shape index (κ1) is 12.2. The fourth-order valence-electron chi connectivity index (χ4n) is 2.16. The number of anilines is 1. The number of thiophene rings is 1. The van der Waals surface area contributed by atoms with Crippen molar-refractivity contribution >= 4 is 28.1 Å². The molecule has 1 aromatic carbocycles. The van der Waals surface area contributed by atoms with Gasteiger partial charge in [0.15, 0.2) is 5.82 Å². The van der Waals surface area contributed by atoms with Crippen LogP contribution in [0.15, 0.2) is 35.7 Å². The minimum Gasteiger partial charge on any atom is -0.397 e. The molecule has 3 aromatic rings. The van der Waals surface area contributed by atoms with E-state index in [0.717, 1.165) is 34.0 Å². The van der Waals surface area contributed by atoms with Gasteiger partial charge in [-0.05, 0) is 23.6 Å². The van der Waals surface area contributed by atoms with Crippen LogP contribution in [0.4, 0.5) is 5.69 Å². The summed E-state index contributed by atoms with van der Waals surface area (Å²) in [4.78, 5) is 5.73. The van der Waals surface area contributed by atoms with Crippen LogP contribution in [0.3, 0.4) is 0 Å². The summed E-state index contributed by atoms with van der Waals surface area (Å²) in [7, 11) is 1.71. The molecule has 98 valence electrons. The van der Waals surface area contributed by atoms with Gasteiger partial charge in [0, 0.05) is 13.7 Å². The maximum atomic E-state index is 6.02. The van der Waals surface area contributed by atoms with Crippen LogP contribution in [0.25, 0.3) is 21.7 Å². The zero-order valence-electron chi connectivity index (χ0n) is 10.7. The normalized spacial score (nSPS) is 11.2. The van der Waals surface area contributed by atoms with E-state index in [9.17, 15) is 0 Å². The lowest BCUT2D eigenvalue weighted by Gasteiger charge is -2.07. The van der Waals surface area contributed by atoms with Crippen molar-refractivity contribution in [2.45, 2.75) is 6.54 Å². The number of fused-ring (bicyclic) bond motifs is 1. The van der Waals surface area contributed by atoms with Crippen LogP contribution >= 0.6 is 11.3 Å². The maximum absolute atomic E-state index is 6.02. The number of para-hydroxylation sites is 2. The number of imidazole rings is 1. The van der Waals surface area contributed by atoms with E-state index in [0.29, 0.717) is 6.61 Å². The fourth-order valence-corrected chi connectivity index (χ4v) is 2.97. The Morgan fingerprint density at radius 3 is 2.89 bits per heavy atom. The number of rotatable bonds is 4.